The van der Waals surface area contributed by atoms with E-state index >= 15 is 0 Å². The van der Waals surface area contributed by atoms with Gasteiger partial charge in [0.1, 0.15) is 12.4 Å². The number of rotatable bonds is 7. The van der Waals surface area contributed by atoms with Crippen LogP contribution in [0.15, 0.2) is 47.4 Å². The Hall–Kier alpha value is -2.13. The van der Waals surface area contributed by atoms with E-state index in [1.54, 1.807) is 19.1 Å². The maximum absolute atomic E-state index is 13.1. The summed E-state index contributed by atoms with van der Waals surface area (Å²) in [5.74, 6) is 0.154. The lowest BCUT2D eigenvalue weighted by Crippen LogP contribution is -2.49. The van der Waals surface area contributed by atoms with Gasteiger partial charge in [-0.3, -0.25) is 4.90 Å². The summed E-state index contributed by atoms with van der Waals surface area (Å²) < 4.78 is 38.0. The van der Waals surface area contributed by atoms with Crippen LogP contribution in [0.5, 0.6) is 5.75 Å². The van der Waals surface area contributed by atoms with Crippen LogP contribution in [0.3, 0.4) is 0 Å². The molecule has 1 saturated heterocycles. The van der Waals surface area contributed by atoms with Gasteiger partial charge in [0.2, 0.25) is 10.0 Å². The first-order valence-electron chi connectivity index (χ1n) is 9.61. The number of methoxy groups -OCH3 is 1. The zero-order chi connectivity index (χ0) is 21.7. The highest BCUT2D eigenvalue weighted by molar-refractivity contribution is 7.89. The van der Waals surface area contributed by atoms with Gasteiger partial charge in [-0.25, -0.2) is 13.2 Å². The smallest absolute Gasteiger partial charge is 0.337 e. The first kappa shape index (κ1) is 22.6. The number of esters is 1. The SMILES string of the molecule is COC(=O)c1ccc(S(=O)(=O)N2CCN(CCOc3ccccc3Cl)CC2)c(C)c1. The quantitative estimate of drug-likeness (QED) is 0.601. The van der Waals surface area contributed by atoms with E-state index in [2.05, 4.69) is 9.64 Å². The van der Waals surface area contributed by atoms with Crippen molar-refractivity contribution in [1.82, 2.24) is 9.21 Å². The Bertz CT molecular complexity index is 1000. The molecule has 2 aromatic carbocycles. The molecule has 2 aromatic rings. The Morgan fingerprint density at radius 3 is 2.43 bits per heavy atom. The molecule has 0 aromatic heterocycles. The van der Waals surface area contributed by atoms with Crippen LogP contribution in [0, 0.1) is 6.92 Å². The van der Waals surface area contributed by atoms with Gasteiger partial charge in [0.15, 0.2) is 0 Å². The van der Waals surface area contributed by atoms with Gasteiger partial charge in [-0.1, -0.05) is 23.7 Å². The molecule has 3 rings (SSSR count). The Balaban J connectivity index is 1.56. The normalized spacial score (nSPS) is 15.7. The van der Waals surface area contributed by atoms with E-state index in [9.17, 15) is 13.2 Å². The summed E-state index contributed by atoms with van der Waals surface area (Å²) in [6, 6.07) is 11.8. The number of para-hydroxylation sites is 1. The van der Waals surface area contributed by atoms with Crippen LogP contribution < -0.4 is 4.74 Å². The third-order valence-electron chi connectivity index (χ3n) is 5.05. The van der Waals surface area contributed by atoms with Crippen LogP contribution in [0.2, 0.25) is 5.02 Å². The highest BCUT2D eigenvalue weighted by Gasteiger charge is 2.29. The fraction of sp³-hybridized carbons (Fsp3) is 0.381. The number of carbonyl (C=O) groups is 1. The van der Waals surface area contributed by atoms with Gasteiger partial charge in [-0.05, 0) is 42.8 Å². The van der Waals surface area contributed by atoms with Gasteiger partial charge < -0.3 is 9.47 Å². The summed E-state index contributed by atoms with van der Waals surface area (Å²) in [7, 11) is -2.34. The fourth-order valence-electron chi connectivity index (χ4n) is 3.36. The molecule has 0 unspecified atom stereocenters. The molecule has 0 atom stereocenters. The van der Waals surface area contributed by atoms with Crippen molar-refractivity contribution < 1.29 is 22.7 Å². The minimum atomic E-state index is -3.63. The number of sulfonamides is 1. The van der Waals surface area contributed by atoms with Crippen molar-refractivity contribution in [2.24, 2.45) is 0 Å². The molecule has 0 spiro atoms. The molecule has 1 heterocycles. The van der Waals surface area contributed by atoms with Crippen molar-refractivity contribution in [2.45, 2.75) is 11.8 Å². The van der Waals surface area contributed by atoms with Gasteiger partial charge in [-0.2, -0.15) is 4.31 Å². The Kier molecular flexibility index (Phi) is 7.36. The lowest BCUT2D eigenvalue weighted by molar-refractivity contribution is 0.0600. The second-order valence-corrected chi connectivity index (χ2v) is 9.31. The average molecular weight is 453 g/mol. The molecule has 0 saturated carbocycles. The van der Waals surface area contributed by atoms with Crippen molar-refractivity contribution >= 4 is 27.6 Å². The van der Waals surface area contributed by atoms with Crippen LogP contribution in [-0.2, 0) is 14.8 Å². The van der Waals surface area contributed by atoms with E-state index < -0.39 is 16.0 Å². The zero-order valence-corrected chi connectivity index (χ0v) is 18.6. The number of aryl methyl sites for hydroxylation is 1. The zero-order valence-electron chi connectivity index (χ0n) is 17.0. The number of ether oxygens (including phenoxy) is 2. The van der Waals surface area contributed by atoms with E-state index in [4.69, 9.17) is 16.3 Å². The number of nitrogens with zero attached hydrogens (tertiary/aromatic N) is 2. The fourth-order valence-corrected chi connectivity index (χ4v) is 5.18. The van der Waals surface area contributed by atoms with E-state index in [0.29, 0.717) is 61.2 Å². The monoisotopic (exact) mass is 452 g/mol. The largest absolute Gasteiger partial charge is 0.491 e. The Morgan fingerprint density at radius 1 is 1.10 bits per heavy atom. The molecule has 1 aliphatic rings. The van der Waals surface area contributed by atoms with Gasteiger partial charge >= 0.3 is 5.97 Å². The second-order valence-electron chi connectivity index (χ2n) is 7.00. The minimum absolute atomic E-state index is 0.214. The van der Waals surface area contributed by atoms with E-state index in [-0.39, 0.29) is 4.90 Å². The predicted molar refractivity (Wildman–Crippen MR) is 115 cm³/mol. The standard InChI is InChI=1S/C21H25ClN2O5S/c1-16-15-17(21(25)28-2)7-8-20(16)30(26,27)24-11-9-23(10-12-24)13-14-29-19-6-4-3-5-18(19)22/h3-8,15H,9-14H2,1-2H3. The van der Waals surface area contributed by atoms with Crippen LogP contribution in [0.4, 0.5) is 0 Å². The number of benzene rings is 2. The van der Waals surface area contributed by atoms with Crippen molar-refractivity contribution in [2.75, 3.05) is 46.4 Å². The number of piperazine rings is 1. The van der Waals surface area contributed by atoms with E-state index in [1.807, 2.05) is 18.2 Å². The molecule has 1 aliphatic heterocycles. The number of halogens is 1. The first-order chi connectivity index (χ1) is 14.3. The first-order valence-corrected chi connectivity index (χ1v) is 11.4. The topological polar surface area (TPSA) is 76.2 Å². The molecule has 9 heteroatoms. The van der Waals surface area contributed by atoms with E-state index in [1.165, 1.54) is 23.5 Å². The molecule has 0 amide bonds. The molecular weight excluding hydrogens is 428 g/mol. The molecule has 1 fully saturated rings. The van der Waals surface area contributed by atoms with Gasteiger partial charge in [0, 0.05) is 32.7 Å². The summed E-state index contributed by atoms with van der Waals surface area (Å²) in [5, 5.41) is 0.571. The molecule has 162 valence electrons. The Labute approximate surface area is 182 Å². The molecule has 0 radical (unpaired) electrons. The van der Waals surface area contributed by atoms with Gasteiger partial charge in [0.25, 0.3) is 0 Å². The number of carbonyl (C=O) groups excluding carboxylic acids is 1. The van der Waals surface area contributed by atoms with Crippen LogP contribution in [-0.4, -0.2) is 70.0 Å². The van der Waals surface area contributed by atoms with Gasteiger partial charge in [-0.15, -0.1) is 0 Å². The van der Waals surface area contributed by atoms with Crippen LogP contribution in [0.25, 0.3) is 0 Å². The summed E-state index contributed by atoms with van der Waals surface area (Å²) >= 11 is 6.08. The second kappa shape index (κ2) is 9.78. The predicted octanol–water partition coefficient (Wildman–Crippen LogP) is 2.82. The summed E-state index contributed by atoms with van der Waals surface area (Å²) in [6.45, 7) is 4.87. The summed E-state index contributed by atoms with van der Waals surface area (Å²) in [4.78, 5) is 14.0. The molecule has 7 nitrogen and oxygen atoms in total. The van der Waals surface area contributed by atoms with Crippen molar-refractivity contribution in [3.8, 4) is 5.75 Å². The third-order valence-corrected chi connectivity index (χ3v) is 7.42. The maximum Gasteiger partial charge on any atom is 0.337 e. The highest BCUT2D eigenvalue weighted by Crippen LogP contribution is 2.24. The Morgan fingerprint density at radius 2 is 1.80 bits per heavy atom. The van der Waals surface area contributed by atoms with Crippen molar-refractivity contribution in [1.29, 1.82) is 0 Å². The molecule has 0 N–H and O–H groups in total. The van der Waals surface area contributed by atoms with Crippen LogP contribution >= 0.6 is 11.6 Å². The highest BCUT2D eigenvalue weighted by atomic mass is 35.5. The summed E-state index contributed by atoms with van der Waals surface area (Å²) in [5.41, 5.74) is 0.853. The van der Waals surface area contributed by atoms with Gasteiger partial charge in [0.05, 0.1) is 22.6 Å². The number of hydrogen-bond acceptors (Lipinski definition) is 6. The van der Waals surface area contributed by atoms with Crippen LogP contribution in [0.1, 0.15) is 15.9 Å². The lowest BCUT2D eigenvalue weighted by atomic mass is 10.1. The molecule has 30 heavy (non-hydrogen) atoms. The van der Waals surface area contributed by atoms with Crippen molar-refractivity contribution in [3.63, 3.8) is 0 Å². The van der Waals surface area contributed by atoms with Crippen molar-refractivity contribution in [3.05, 3.63) is 58.6 Å². The molecule has 0 aliphatic carbocycles. The molecule has 0 bridgehead atoms. The third kappa shape index (κ3) is 5.13. The maximum atomic E-state index is 13.1. The minimum Gasteiger partial charge on any atom is -0.491 e. The van der Waals surface area contributed by atoms with E-state index in [0.717, 1.165) is 0 Å². The molecular formula is C21H25ClN2O5S. The average Bonchev–Trinajstić information content (AvgIpc) is 2.74. The lowest BCUT2D eigenvalue weighted by Gasteiger charge is -2.34. The summed E-state index contributed by atoms with van der Waals surface area (Å²) in [6.07, 6.45) is 0. The number of hydrogen-bond donors (Lipinski definition) is 0.